The Kier molecular flexibility index (Phi) is 10.2. The molecule has 0 aliphatic carbocycles. The van der Waals surface area contributed by atoms with Gasteiger partial charge in [-0.05, 0) is 37.1 Å². The largest absolute Gasteiger partial charge is 0.504 e. The fourth-order valence-electron chi connectivity index (χ4n) is 3.64. The Morgan fingerprint density at radius 2 is 1.65 bits per heavy atom. The monoisotopic (exact) mass is 527 g/mol. The van der Waals surface area contributed by atoms with Crippen LogP contribution < -0.4 is 10.1 Å². The number of hydrogen-bond donors (Lipinski definition) is 3. The maximum Gasteiger partial charge on any atom is 0.238 e. The zero-order valence-corrected chi connectivity index (χ0v) is 22.4. The van der Waals surface area contributed by atoms with Gasteiger partial charge in [0.2, 0.25) is 5.91 Å². The van der Waals surface area contributed by atoms with Crippen LogP contribution >= 0.6 is 0 Å². The quantitative estimate of drug-likeness (QED) is 0.457. The van der Waals surface area contributed by atoms with E-state index in [4.69, 9.17) is 4.74 Å². The number of benzene rings is 2. The fraction of sp³-hybridized carbons (Fsp3) is 0.435. The van der Waals surface area contributed by atoms with Gasteiger partial charge in [-0.15, -0.1) is 0 Å². The Labute approximate surface area is 204 Å². The summed E-state index contributed by atoms with van der Waals surface area (Å²) in [6.45, 7) is 8.08. The van der Waals surface area contributed by atoms with E-state index in [1.165, 1.54) is 0 Å². The normalized spacial score (nSPS) is 15.7. The summed E-state index contributed by atoms with van der Waals surface area (Å²) in [7, 11) is 0. The fourth-order valence-corrected chi connectivity index (χ4v) is 3.64. The Bertz CT molecular complexity index is 836. The van der Waals surface area contributed by atoms with E-state index < -0.39 is 6.10 Å². The van der Waals surface area contributed by atoms with Crippen molar-refractivity contribution in [3.63, 3.8) is 0 Å². The molecule has 2 aromatic rings. The summed E-state index contributed by atoms with van der Waals surface area (Å²) in [5.74, 6) is 0.436. The first-order chi connectivity index (χ1) is 14.4. The molecule has 1 unspecified atom stereocenters. The van der Waals surface area contributed by atoms with Crippen molar-refractivity contribution in [2.24, 2.45) is 0 Å². The maximum atomic E-state index is 12.4. The number of nitrogens with zero attached hydrogens (tertiary/aromatic N) is 2. The van der Waals surface area contributed by atoms with Gasteiger partial charge in [0, 0.05) is 65.7 Å². The molecule has 1 heterocycles. The van der Waals surface area contributed by atoms with Crippen molar-refractivity contribution in [2.75, 3.05) is 51.2 Å². The van der Waals surface area contributed by atoms with Crippen molar-refractivity contribution >= 4 is 11.6 Å². The third kappa shape index (κ3) is 7.74. The molecule has 0 bridgehead atoms. The first kappa shape index (κ1) is 25.6. The Hall–Kier alpha value is -1.69. The summed E-state index contributed by atoms with van der Waals surface area (Å²) in [5, 5.41) is 23.0. The van der Waals surface area contributed by atoms with E-state index in [1.54, 1.807) is 24.3 Å². The number of aromatic hydroxyl groups is 1. The molecule has 2 aromatic carbocycles. The van der Waals surface area contributed by atoms with Gasteiger partial charge in [-0.3, -0.25) is 14.6 Å². The molecule has 0 spiro atoms. The van der Waals surface area contributed by atoms with Crippen molar-refractivity contribution in [1.82, 2.24) is 9.80 Å². The predicted octanol–water partition coefficient (Wildman–Crippen LogP) is 2.00. The van der Waals surface area contributed by atoms with Crippen molar-refractivity contribution < 1.29 is 47.0 Å². The van der Waals surface area contributed by atoms with E-state index in [9.17, 15) is 15.0 Å². The van der Waals surface area contributed by atoms with Gasteiger partial charge in [-0.2, -0.15) is 0 Å². The molecule has 164 valence electrons. The molecule has 8 heteroatoms. The molecule has 1 amide bonds. The Morgan fingerprint density at radius 3 is 2.29 bits per heavy atom. The van der Waals surface area contributed by atoms with Gasteiger partial charge in [0.15, 0.2) is 11.5 Å². The summed E-state index contributed by atoms with van der Waals surface area (Å²) >= 11 is 0. The number of hydrogen-bond acceptors (Lipinski definition) is 6. The second-order valence-electron chi connectivity index (χ2n) is 7.82. The molecule has 1 fully saturated rings. The number of aryl methyl sites for hydroxylation is 2. The van der Waals surface area contributed by atoms with Gasteiger partial charge in [0.25, 0.3) is 0 Å². The van der Waals surface area contributed by atoms with E-state index >= 15 is 0 Å². The van der Waals surface area contributed by atoms with E-state index in [1.807, 2.05) is 32.0 Å². The number of β-amino-alcohol motifs (C(OH)–C–C–N with tert-alkyl or cyclic N) is 1. The zero-order valence-electron chi connectivity index (χ0n) is 18.4. The number of aliphatic hydroxyl groups excluding tert-OH is 1. The Morgan fingerprint density at radius 1 is 1.03 bits per heavy atom. The maximum absolute atomic E-state index is 12.4. The Balaban J connectivity index is 0.00000341. The van der Waals surface area contributed by atoms with Crippen LogP contribution in [0.1, 0.15) is 11.1 Å². The number of carbonyl (C=O) groups is 1. The number of anilines is 1. The summed E-state index contributed by atoms with van der Waals surface area (Å²) in [6.07, 6.45) is -0.650. The van der Waals surface area contributed by atoms with Crippen LogP contribution in [0.5, 0.6) is 11.5 Å². The third-order valence-corrected chi connectivity index (χ3v) is 5.34. The minimum Gasteiger partial charge on any atom is -0.504 e. The van der Waals surface area contributed by atoms with Crippen molar-refractivity contribution in [1.29, 1.82) is 0 Å². The molecule has 0 aromatic heterocycles. The van der Waals surface area contributed by atoms with Gasteiger partial charge >= 0.3 is 0 Å². The average molecular weight is 526 g/mol. The van der Waals surface area contributed by atoms with E-state index in [-0.39, 0.29) is 45.6 Å². The van der Waals surface area contributed by atoms with Crippen LogP contribution in [0.2, 0.25) is 0 Å². The number of para-hydroxylation sites is 3. The van der Waals surface area contributed by atoms with Gasteiger partial charge < -0.3 is 20.3 Å². The van der Waals surface area contributed by atoms with Crippen LogP contribution in [0, 0.1) is 13.8 Å². The number of rotatable bonds is 8. The standard InChI is InChI=1S/C23H31N3O4.Cd/c1-17-6-5-7-18(2)23(17)24-22(29)15-26-12-10-25(11-13-26)14-19(27)16-30-21-9-4-3-8-20(21)28;/h3-9,19,27-28H,10-16H2,1-2H3,(H,24,29);. The second kappa shape index (κ2) is 12.4. The van der Waals surface area contributed by atoms with Crippen LogP contribution in [0.15, 0.2) is 42.5 Å². The minimum absolute atomic E-state index is 0. The molecule has 1 atom stereocenters. The smallest absolute Gasteiger partial charge is 0.238 e. The summed E-state index contributed by atoms with van der Waals surface area (Å²) < 4.78 is 5.50. The average Bonchev–Trinajstić information content (AvgIpc) is 2.72. The second-order valence-corrected chi connectivity index (χ2v) is 7.82. The molecule has 1 aliphatic heterocycles. The molecular formula is C23H31CdN3O4. The molecule has 1 saturated heterocycles. The third-order valence-electron chi connectivity index (χ3n) is 5.34. The van der Waals surface area contributed by atoms with Crippen LogP contribution in [0.3, 0.4) is 0 Å². The van der Waals surface area contributed by atoms with Gasteiger partial charge in [0.05, 0.1) is 6.54 Å². The SMILES string of the molecule is Cc1cccc(C)c1NC(=O)CN1CCN(CC(O)COc2ccccc2O)CC1.[Cd]. The predicted molar refractivity (Wildman–Crippen MR) is 117 cm³/mol. The van der Waals surface area contributed by atoms with Gasteiger partial charge in [0.1, 0.15) is 12.7 Å². The van der Waals surface area contributed by atoms with Gasteiger partial charge in [-0.25, -0.2) is 0 Å². The van der Waals surface area contributed by atoms with Crippen LogP contribution in [0.4, 0.5) is 5.69 Å². The molecule has 3 N–H and O–H groups in total. The number of phenolic OH excluding ortho intramolecular Hbond substituents is 1. The first-order valence-corrected chi connectivity index (χ1v) is 10.3. The van der Waals surface area contributed by atoms with E-state index in [0.717, 1.165) is 43.0 Å². The number of amides is 1. The zero-order chi connectivity index (χ0) is 21.5. The van der Waals surface area contributed by atoms with Crippen molar-refractivity contribution in [3.05, 3.63) is 53.6 Å². The van der Waals surface area contributed by atoms with Crippen LogP contribution in [0.25, 0.3) is 0 Å². The molecule has 3 rings (SSSR count). The number of phenols is 1. The minimum atomic E-state index is -0.650. The van der Waals surface area contributed by atoms with Crippen molar-refractivity contribution in [3.8, 4) is 11.5 Å². The molecule has 0 radical (unpaired) electrons. The summed E-state index contributed by atoms with van der Waals surface area (Å²) in [6, 6.07) is 12.7. The molecule has 0 saturated carbocycles. The topological polar surface area (TPSA) is 85.3 Å². The number of piperazine rings is 1. The van der Waals surface area contributed by atoms with Gasteiger partial charge in [-0.1, -0.05) is 30.3 Å². The first-order valence-electron chi connectivity index (χ1n) is 10.3. The summed E-state index contributed by atoms with van der Waals surface area (Å²) in [5.41, 5.74) is 3.02. The van der Waals surface area contributed by atoms with Crippen LogP contribution in [-0.2, 0) is 32.1 Å². The van der Waals surface area contributed by atoms with E-state index in [0.29, 0.717) is 18.8 Å². The number of ether oxygens (including phenoxy) is 1. The number of carbonyl (C=O) groups excluding carboxylic acids is 1. The molecular weight excluding hydrogens is 495 g/mol. The van der Waals surface area contributed by atoms with Crippen molar-refractivity contribution in [2.45, 2.75) is 20.0 Å². The van der Waals surface area contributed by atoms with E-state index in [2.05, 4.69) is 15.1 Å². The van der Waals surface area contributed by atoms with Crippen LogP contribution in [-0.4, -0.2) is 77.9 Å². The number of nitrogens with one attached hydrogen (secondary N) is 1. The summed E-state index contributed by atoms with van der Waals surface area (Å²) in [4.78, 5) is 16.7. The number of aliphatic hydroxyl groups is 1. The molecule has 7 nitrogen and oxygen atoms in total. The molecule has 31 heavy (non-hydrogen) atoms. The molecule has 1 aliphatic rings.